The number of thioether (sulfide) groups is 1. The number of unbranched alkanes of at least 4 members (excludes halogenated alkanes) is 3. The number of nitrogens with zero attached hydrogens (tertiary/aromatic N) is 5. The van der Waals surface area contributed by atoms with Gasteiger partial charge in [-0.1, -0.05) is 85.9 Å². The van der Waals surface area contributed by atoms with Crippen LogP contribution in [-0.4, -0.2) is 31.6 Å². The molecule has 3 aromatic rings. The number of aromatic nitrogens is 2. The standard InChI is InChI=1S/C26H27ClN6OS/c1-3-4-5-11-16-35-26-29-25(34)22-19-14-9-10-15-20(19)28-24(33(22)31-26)21-17(2)30-32(23(21)27)18-12-7-6-8-13-18/h6-10,12-15,24H,3-5,11,16H2,1-2H3,(H,29,31,34)/t24-/m1/s1. The van der Waals surface area contributed by atoms with Gasteiger partial charge >= 0.3 is 0 Å². The van der Waals surface area contributed by atoms with E-state index >= 15 is 0 Å². The van der Waals surface area contributed by atoms with Gasteiger partial charge in [0.1, 0.15) is 10.9 Å². The van der Waals surface area contributed by atoms with Crippen molar-refractivity contribution in [1.82, 2.24) is 20.1 Å². The molecule has 0 saturated heterocycles. The third-order valence-corrected chi connectivity index (χ3v) is 7.37. The molecule has 0 aliphatic carbocycles. The molecule has 5 rings (SSSR count). The Morgan fingerprint density at radius 3 is 2.63 bits per heavy atom. The van der Waals surface area contributed by atoms with Crippen LogP contribution in [0.1, 0.15) is 50.0 Å². The molecule has 2 aliphatic heterocycles. The van der Waals surface area contributed by atoms with Crippen molar-refractivity contribution < 1.29 is 4.79 Å². The van der Waals surface area contributed by atoms with Gasteiger partial charge in [-0.05, 0) is 31.5 Å². The van der Waals surface area contributed by atoms with Gasteiger partial charge in [-0.3, -0.25) is 15.1 Å². The van der Waals surface area contributed by atoms with E-state index in [0.29, 0.717) is 16.0 Å². The van der Waals surface area contributed by atoms with Crippen LogP contribution in [0.15, 0.2) is 64.7 Å². The molecule has 180 valence electrons. The fraction of sp³-hybridized carbons (Fsp3) is 0.308. The predicted molar refractivity (Wildman–Crippen MR) is 141 cm³/mol. The van der Waals surface area contributed by atoms with Crippen molar-refractivity contribution in [3.63, 3.8) is 0 Å². The zero-order valence-corrected chi connectivity index (χ0v) is 21.3. The van der Waals surface area contributed by atoms with Gasteiger partial charge in [0.25, 0.3) is 5.91 Å². The Morgan fingerprint density at radius 1 is 1.06 bits per heavy atom. The second-order valence-electron chi connectivity index (χ2n) is 8.52. The number of fused-ring (bicyclic) bond motifs is 2. The van der Waals surface area contributed by atoms with Gasteiger partial charge in [0.05, 0.1) is 22.3 Å². The first-order valence-corrected chi connectivity index (χ1v) is 13.2. The van der Waals surface area contributed by atoms with Gasteiger partial charge in [0.2, 0.25) is 0 Å². The lowest BCUT2D eigenvalue weighted by atomic mass is 10.1. The summed E-state index contributed by atoms with van der Waals surface area (Å²) in [6.45, 7) is 4.11. The first-order valence-electron chi connectivity index (χ1n) is 11.9. The van der Waals surface area contributed by atoms with Gasteiger partial charge in [-0.15, -0.1) is 5.10 Å². The van der Waals surface area contributed by atoms with E-state index in [-0.39, 0.29) is 5.91 Å². The van der Waals surface area contributed by atoms with E-state index in [1.165, 1.54) is 19.3 Å². The summed E-state index contributed by atoms with van der Waals surface area (Å²) in [5.74, 6) is 0.708. The lowest BCUT2D eigenvalue weighted by Crippen LogP contribution is -2.50. The highest BCUT2D eigenvalue weighted by atomic mass is 35.5. The van der Waals surface area contributed by atoms with E-state index in [4.69, 9.17) is 26.8 Å². The summed E-state index contributed by atoms with van der Waals surface area (Å²) >= 11 is 8.47. The van der Waals surface area contributed by atoms with Gasteiger partial charge < -0.3 is 0 Å². The maximum absolute atomic E-state index is 13.3. The van der Waals surface area contributed by atoms with Crippen LogP contribution in [0.2, 0.25) is 5.15 Å². The third kappa shape index (κ3) is 4.60. The lowest BCUT2D eigenvalue weighted by Gasteiger charge is -2.34. The minimum Gasteiger partial charge on any atom is -0.298 e. The molecule has 7 nitrogen and oxygen atoms in total. The Labute approximate surface area is 213 Å². The number of aryl methyl sites for hydroxylation is 1. The number of amidine groups is 1. The van der Waals surface area contributed by atoms with Gasteiger partial charge in [-0.25, -0.2) is 9.69 Å². The minimum absolute atomic E-state index is 0.187. The molecule has 2 aromatic carbocycles. The van der Waals surface area contributed by atoms with Crippen molar-refractivity contribution >= 4 is 40.1 Å². The molecule has 35 heavy (non-hydrogen) atoms. The van der Waals surface area contributed by atoms with Crippen molar-refractivity contribution in [1.29, 1.82) is 0 Å². The minimum atomic E-state index is -0.605. The maximum atomic E-state index is 13.3. The lowest BCUT2D eigenvalue weighted by molar-refractivity contribution is -0.116. The molecule has 0 saturated carbocycles. The monoisotopic (exact) mass is 506 g/mol. The first kappa shape index (κ1) is 23.6. The highest BCUT2D eigenvalue weighted by molar-refractivity contribution is 8.13. The average Bonchev–Trinajstić information content (AvgIpc) is 3.17. The number of hydrogen-bond donors (Lipinski definition) is 1. The van der Waals surface area contributed by atoms with E-state index in [1.54, 1.807) is 21.5 Å². The zero-order valence-electron chi connectivity index (χ0n) is 19.7. The fourth-order valence-corrected chi connectivity index (χ4v) is 5.55. The number of amides is 1. The molecule has 2 aliphatic rings. The molecule has 9 heteroatoms. The number of para-hydroxylation sites is 2. The molecule has 1 N–H and O–H groups in total. The van der Waals surface area contributed by atoms with E-state index < -0.39 is 6.17 Å². The normalized spacial score (nSPS) is 16.8. The van der Waals surface area contributed by atoms with Gasteiger partial charge in [-0.2, -0.15) is 5.10 Å². The average molecular weight is 507 g/mol. The topological polar surface area (TPSA) is 74.9 Å². The number of hydrogen-bond acceptors (Lipinski definition) is 6. The number of carbonyl (C=O) groups is 1. The van der Waals surface area contributed by atoms with Crippen molar-refractivity contribution in [3.05, 3.63) is 81.6 Å². The van der Waals surface area contributed by atoms with Crippen LogP contribution in [0.3, 0.4) is 0 Å². The Hall–Kier alpha value is -3.10. The van der Waals surface area contributed by atoms with E-state index in [2.05, 4.69) is 12.2 Å². The summed E-state index contributed by atoms with van der Waals surface area (Å²) in [5, 5.41) is 16.8. The van der Waals surface area contributed by atoms with Crippen molar-refractivity contribution in [2.45, 2.75) is 45.7 Å². The summed E-state index contributed by atoms with van der Waals surface area (Å²) in [5.41, 5.74) is 2.80. The Balaban J connectivity index is 1.58. The predicted octanol–water partition coefficient (Wildman–Crippen LogP) is 4.29. The van der Waals surface area contributed by atoms with Crippen LogP contribution in [0.5, 0.6) is 0 Å². The second-order valence-corrected chi connectivity index (χ2v) is 9.96. The summed E-state index contributed by atoms with van der Waals surface area (Å²) in [6, 6.07) is 17.4. The Morgan fingerprint density at radius 2 is 1.83 bits per heavy atom. The molecular formula is C26H27ClN6OS. The Bertz CT molecular complexity index is 1400. The smallest absolute Gasteiger partial charge is 0.276 e. The molecule has 1 atom stereocenters. The summed E-state index contributed by atoms with van der Waals surface area (Å²) in [7, 11) is 0. The number of halogens is 1. The molecule has 0 radical (unpaired) electrons. The highest BCUT2D eigenvalue weighted by Gasteiger charge is 2.37. The van der Waals surface area contributed by atoms with Crippen molar-refractivity contribution in [2.75, 3.05) is 5.75 Å². The van der Waals surface area contributed by atoms with E-state index in [9.17, 15) is 4.79 Å². The molecule has 0 unspecified atom stereocenters. The number of benzene rings is 2. The van der Waals surface area contributed by atoms with Crippen LogP contribution in [0.4, 0.5) is 0 Å². The largest absolute Gasteiger partial charge is 0.298 e. The molecule has 0 spiro atoms. The third-order valence-electron chi connectivity index (χ3n) is 6.06. The van der Waals surface area contributed by atoms with Crippen LogP contribution >= 0.6 is 23.4 Å². The summed E-state index contributed by atoms with van der Waals surface area (Å²) in [6.07, 6.45) is 4.05. The van der Waals surface area contributed by atoms with E-state index in [1.807, 2.05) is 61.5 Å². The SMILES string of the molecule is CCCCCCSC1=NN2C(=c3ccccc3=N[C@H]2c2c(C)nn(-c3ccccc3)c2Cl)C(=O)N1. The van der Waals surface area contributed by atoms with Crippen LogP contribution in [0, 0.1) is 6.92 Å². The molecule has 0 fully saturated rings. The number of rotatable bonds is 7. The maximum Gasteiger partial charge on any atom is 0.276 e. The van der Waals surface area contributed by atoms with Gasteiger partial charge in [0.15, 0.2) is 11.3 Å². The second kappa shape index (κ2) is 10.3. The molecular weight excluding hydrogens is 480 g/mol. The molecule has 3 heterocycles. The van der Waals surface area contributed by atoms with E-state index in [0.717, 1.165) is 39.7 Å². The Kier molecular flexibility index (Phi) is 6.92. The highest BCUT2D eigenvalue weighted by Crippen LogP contribution is 2.37. The van der Waals surface area contributed by atoms with Crippen molar-refractivity contribution in [3.8, 4) is 5.69 Å². The summed E-state index contributed by atoms with van der Waals surface area (Å²) < 4.78 is 1.71. The van der Waals surface area contributed by atoms with Crippen molar-refractivity contribution in [2.24, 2.45) is 10.1 Å². The quantitative estimate of drug-likeness (QED) is 0.485. The fourth-order valence-electron chi connectivity index (χ4n) is 4.32. The van der Waals surface area contributed by atoms with Gasteiger partial charge in [0, 0.05) is 11.0 Å². The van der Waals surface area contributed by atoms with Crippen LogP contribution in [-0.2, 0) is 4.79 Å². The number of carbonyl (C=O) groups excluding carboxylic acids is 1. The first-order chi connectivity index (χ1) is 17.1. The number of hydrazone groups is 1. The zero-order chi connectivity index (χ0) is 24.4. The van der Waals surface area contributed by atoms with Crippen LogP contribution in [0.25, 0.3) is 11.4 Å². The summed E-state index contributed by atoms with van der Waals surface area (Å²) in [4.78, 5) is 18.3. The van der Waals surface area contributed by atoms with Crippen LogP contribution < -0.4 is 15.9 Å². The number of nitrogens with one attached hydrogen (secondary N) is 1. The molecule has 0 bridgehead atoms. The molecule has 1 amide bonds. The molecule has 1 aromatic heterocycles.